The summed E-state index contributed by atoms with van der Waals surface area (Å²) in [6, 6.07) is 25.9. The second-order valence-electron chi connectivity index (χ2n) is 7.48. The normalized spacial score (nSPS) is 14.1. The van der Waals surface area contributed by atoms with Gasteiger partial charge in [0.05, 0.1) is 0 Å². The number of rotatable bonds is 5. The van der Waals surface area contributed by atoms with Crippen LogP contribution in [0.2, 0.25) is 0 Å². The van der Waals surface area contributed by atoms with Crippen LogP contribution in [0.4, 0.5) is 5.69 Å². The lowest BCUT2D eigenvalue weighted by atomic mass is 9.85. The van der Waals surface area contributed by atoms with E-state index in [1.165, 1.54) is 11.1 Å². The summed E-state index contributed by atoms with van der Waals surface area (Å²) in [5, 5.41) is 6.04. The van der Waals surface area contributed by atoms with Crippen molar-refractivity contribution in [2.75, 3.05) is 5.32 Å². The largest absolute Gasteiger partial charge is 0.349 e. The zero-order valence-corrected chi connectivity index (χ0v) is 16.4. The molecule has 0 saturated heterocycles. The second kappa shape index (κ2) is 8.31. The van der Waals surface area contributed by atoms with Gasteiger partial charge < -0.3 is 10.6 Å². The minimum atomic E-state index is -0.103. The van der Waals surface area contributed by atoms with Crippen molar-refractivity contribution in [2.45, 2.75) is 31.7 Å². The fourth-order valence-corrected chi connectivity index (χ4v) is 3.99. The molecule has 2 amide bonds. The van der Waals surface area contributed by atoms with Crippen LogP contribution in [-0.2, 0) is 11.2 Å². The number of fused-ring (bicyclic) bond motifs is 1. The van der Waals surface area contributed by atoms with E-state index < -0.39 is 0 Å². The van der Waals surface area contributed by atoms with Crippen LogP contribution < -0.4 is 10.6 Å². The van der Waals surface area contributed by atoms with E-state index in [1.807, 2.05) is 55.5 Å². The Morgan fingerprint density at radius 1 is 0.897 bits per heavy atom. The molecule has 4 nitrogen and oxygen atoms in total. The van der Waals surface area contributed by atoms with Crippen molar-refractivity contribution in [3.05, 3.63) is 101 Å². The number of nitrogens with one attached hydrogen (secondary N) is 2. The Bertz CT molecular complexity index is 976. The molecule has 0 spiro atoms. The molecule has 1 heterocycles. The minimum absolute atomic E-state index is 0.0249. The van der Waals surface area contributed by atoms with Crippen LogP contribution in [0.1, 0.15) is 46.3 Å². The molecule has 0 fully saturated rings. The summed E-state index contributed by atoms with van der Waals surface area (Å²) in [6.45, 7) is 2.04. The highest BCUT2D eigenvalue weighted by Gasteiger charge is 2.24. The van der Waals surface area contributed by atoms with Crippen molar-refractivity contribution in [2.24, 2.45) is 0 Å². The molecule has 29 heavy (non-hydrogen) atoms. The number of hydrogen-bond acceptors (Lipinski definition) is 2. The van der Waals surface area contributed by atoms with Crippen molar-refractivity contribution < 1.29 is 9.59 Å². The molecule has 146 valence electrons. The molecular formula is C25H24N2O2. The lowest BCUT2D eigenvalue weighted by molar-refractivity contribution is -0.116. The topological polar surface area (TPSA) is 58.2 Å². The molecule has 1 aliphatic heterocycles. The molecule has 4 rings (SSSR count). The molecule has 0 radical (unpaired) electrons. The van der Waals surface area contributed by atoms with Gasteiger partial charge in [-0.05, 0) is 48.2 Å². The molecule has 0 aliphatic carbocycles. The summed E-state index contributed by atoms with van der Waals surface area (Å²) < 4.78 is 0. The van der Waals surface area contributed by atoms with Gasteiger partial charge in [0.15, 0.2) is 0 Å². The first kappa shape index (κ1) is 18.9. The van der Waals surface area contributed by atoms with Crippen LogP contribution >= 0.6 is 0 Å². The number of aryl methyl sites for hydroxylation is 1. The SMILES string of the molecule is CC(NC(=O)c1ccc2c(c1)CCC(=O)N2)C(c1ccccc1)c1ccccc1. The Balaban J connectivity index is 1.57. The minimum Gasteiger partial charge on any atom is -0.349 e. The quantitative estimate of drug-likeness (QED) is 0.679. The van der Waals surface area contributed by atoms with Gasteiger partial charge in [0.25, 0.3) is 5.91 Å². The van der Waals surface area contributed by atoms with Crippen molar-refractivity contribution in [1.29, 1.82) is 0 Å². The standard InChI is InChI=1S/C25H24N2O2/c1-17(24(18-8-4-2-5-9-18)19-10-6-3-7-11-19)26-25(29)21-12-14-22-20(16-21)13-15-23(28)27-22/h2-12,14,16-17,24H,13,15H2,1H3,(H,26,29)(H,27,28). The van der Waals surface area contributed by atoms with Crippen LogP contribution in [0.25, 0.3) is 0 Å². The van der Waals surface area contributed by atoms with E-state index in [0.717, 1.165) is 11.3 Å². The van der Waals surface area contributed by atoms with Crippen LogP contribution in [-0.4, -0.2) is 17.9 Å². The molecule has 1 unspecified atom stereocenters. The molecule has 0 aromatic heterocycles. The summed E-state index contributed by atoms with van der Waals surface area (Å²) in [4.78, 5) is 24.5. The Morgan fingerprint density at radius 2 is 1.52 bits per heavy atom. The summed E-state index contributed by atoms with van der Waals surface area (Å²) in [7, 11) is 0. The Kier molecular flexibility index (Phi) is 5.43. The van der Waals surface area contributed by atoms with E-state index in [2.05, 4.69) is 34.9 Å². The molecule has 1 aliphatic rings. The smallest absolute Gasteiger partial charge is 0.251 e. The predicted molar refractivity (Wildman–Crippen MR) is 115 cm³/mol. The average Bonchev–Trinajstić information content (AvgIpc) is 2.75. The zero-order chi connectivity index (χ0) is 20.2. The van der Waals surface area contributed by atoms with E-state index in [9.17, 15) is 9.59 Å². The molecule has 0 saturated carbocycles. The van der Waals surface area contributed by atoms with Crippen LogP contribution in [0.5, 0.6) is 0 Å². The summed E-state index contributed by atoms with van der Waals surface area (Å²) in [5.74, 6) is -0.0239. The fraction of sp³-hybridized carbons (Fsp3) is 0.200. The van der Waals surface area contributed by atoms with Crippen LogP contribution in [0.3, 0.4) is 0 Å². The second-order valence-corrected chi connectivity index (χ2v) is 7.48. The highest BCUT2D eigenvalue weighted by molar-refractivity contribution is 5.98. The summed E-state index contributed by atoms with van der Waals surface area (Å²) >= 11 is 0. The monoisotopic (exact) mass is 384 g/mol. The van der Waals surface area contributed by atoms with Gasteiger partial charge in [-0.25, -0.2) is 0 Å². The van der Waals surface area contributed by atoms with Crippen molar-refractivity contribution in [3.63, 3.8) is 0 Å². The highest BCUT2D eigenvalue weighted by Crippen LogP contribution is 2.29. The first-order valence-electron chi connectivity index (χ1n) is 9.95. The van der Waals surface area contributed by atoms with E-state index in [-0.39, 0.29) is 23.8 Å². The number of amides is 2. The third kappa shape index (κ3) is 4.21. The molecule has 4 heteroatoms. The molecule has 3 aromatic rings. The molecule has 2 N–H and O–H groups in total. The lowest BCUT2D eigenvalue weighted by Gasteiger charge is -2.26. The summed E-state index contributed by atoms with van der Waals surface area (Å²) in [5.41, 5.74) is 4.76. The Morgan fingerprint density at radius 3 is 2.14 bits per heavy atom. The first-order valence-corrected chi connectivity index (χ1v) is 9.95. The molecule has 3 aromatic carbocycles. The predicted octanol–water partition coefficient (Wildman–Crippen LogP) is 4.52. The van der Waals surface area contributed by atoms with Gasteiger partial charge >= 0.3 is 0 Å². The van der Waals surface area contributed by atoms with E-state index >= 15 is 0 Å². The fourth-order valence-electron chi connectivity index (χ4n) is 3.99. The van der Waals surface area contributed by atoms with Gasteiger partial charge in [-0.3, -0.25) is 9.59 Å². The van der Waals surface area contributed by atoms with Gasteiger partial charge in [0.1, 0.15) is 0 Å². The van der Waals surface area contributed by atoms with E-state index in [4.69, 9.17) is 0 Å². The van der Waals surface area contributed by atoms with Gasteiger partial charge in [0.2, 0.25) is 5.91 Å². The van der Waals surface area contributed by atoms with Gasteiger partial charge in [-0.1, -0.05) is 60.7 Å². The highest BCUT2D eigenvalue weighted by atomic mass is 16.2. The van der Waals surface area contributed by atoms with E-state index in [0.29, 0.717) is 18.4 Å². The molecule has 1 atom stereocenters. The maximum atomic E-state index is 13.0. The number of hydrogen-bond donors (Lipinski definition) is 2. The summed E-state index contributed by atoms with van der Waals surface area (Å²) in [6.07, 6.45) is 1.12. The third-order valence-electron chi connectivity index (χ3n) is 5.44. The molecular weight excluding hydrogens is 360 g/mol. The van der Waals surface area contributed by atoms with Crippen molar-refractivity contribution >= 4 is 17.5 Å². The van der Waals surface area contributed by atoms with Gasteiger partial charge in [-0.15, -0.1) is 0 Å². The average molecular weight is 384 g/mol. The molecule has 0 bridgehead atoms. The Hall–Kier alpha value is -3.40. The van der Waals surface area contributed by atoms with Crippen molar-refractivity contribution in [3.8, 4) is 0 Å². The van der Waals surface area contributed by atoms with Gasteiger partial charge in [0, 0.05) is 29.6 Å². The maximum absolute atomic E-state index is 13.0. The lowest BCUT2D eigenvalue weighted by Crippen LogP contribution is -2.37. The number of benzene rings is 3. The zero-order valence-electron chi connectivity index (χ0n) is 16.4. The number of carbonyl (C=O) groups excluding carboxylic acids is 2. The van der Waals surface area contributed by atoms with Crippen LogP contribution in [0.15, 0.2) is 78.9 Å². The maximum Gasteiger partial charge on any atom is 0.251 e. The van der Waals surface area contributed by atoms with E-state index in [1.54, 1.807) is 6.07 Å². The number of carbonyl (C=O) groups is 2. The van der Waals surface area contributed by atoms with Crippen LogP contribution in [0, 0.1) is 0 Å². The van der Waals surface area contributed by atoms with Gasteiger partial charge in [-0.2, -0.15) is 0 Å². The van der Waals surface area contributed by atoms with Crippen molar-refractivity contribution in [1.82, 2.24) is 5.32 Å². The Labute approximate surface area is 171 Å². The number of anilines is 1. The first-order chi connectivity index (χ1) is 14.1. The third-order valence-corrected chi connectivity index (χ3v) is 5.44.